The summed E-state index contributed by atoms with van der Waals surface area (Å²) in [6.45, 7) is 4.77. The van der Waals surface area contributed by atoms with Gasteiger partial charge >= 0.3 is 0 Å². The maximum Gasteiger partial charge on any atom is 0.224 e. The number of rotatable bonds is 1. The van der Waals surface area contributed by atoms with Crippen molar-refractivity contribution in [3.8, 4) is 0 Å². The molecule has 4 bridgehead atoms. The largest absolute Gasteiger partial charge is 0.364 e. The molecule has 5 heteroatoms. The highest BCUT2D eigenvalue weighted by Crippen LogP contribution is 2.67. The summed E-state index contributed by atoms with van der Waals surface area (Å²) in [5.74, 6) is 2.49. The summed E-state index contributed by atoms with van der Waals surface area (Å²) in [6, 6.07) is 7.97. The Balaban J connectivity index is 1.41. The molecule has 7 rings (SSSR count). The molecule has 0 N–H and O–H groups in total. The highest BCUT2D eigenvalue weighted by atomic mass is 35.5. The van der Waals surface area contributed by atoms with Crippen molar-refractivity contribution >= 4 is 17.4 Å². The van der Waals surface area contributed by atoms with Crippen LogP contribution in [-0.4, -0.2) is 47.5 Å². The van der Waals surface area contributed by atoms with Crippen LogP contribution >= 0.6 is 11.6 Å². The highest BCUT2D eigenvalue weighted by Gasteiger charge is 2.79. The number of halogens is 1. The van der Waals surface area contributed by atoms with E-state index in [1.54, 1.807) is 0 Å². The van der Waals surface area contributed by atoms with E-state index in [4.69, 9.17) is 16.4 Å². The Morgan fingerprint density at radius 3 is 2.82 bits per heavy atom. The third-order valence-electron chi connectivity index (χ3n) is 6.62. The van der Waals surface area contributed by atoms with Crippen molar-refractivity contribution in [3.63, 3.8) is 0 Å². The fourth-order valence-electron chi connectivity index (χ4n) is 6.09. The lowest BCUT2D eigenvalue weighted by atomic mass is 9.49. The van der Waals surface area contributed by atoms with Crippen LogP contribution in [0.15, 0.2) is 29.4 Å². The first-order valence-corrected chi connectivity index (χ1v) is 8.60. The molecule has 5 fully saturated rings. The number of hydrogen-bond donors (Lipinski definition) is 0. The van der Waals surface area contributed by atoms with E-state index < -0.39 is 0 Å². The normalized spacial score (nSPS) is 46.7. The summed E-state index contributed by atoms with van der Waals surface area (Å²) in [7, 11) is 0. The molecule has 5 atom stereocenters. The topological polar surface area (TPSA) is 28.1 Å². The van der Waals surface area contributed by atoms with Crippen LogP contribution in [-0.2, 0) is 4.84 Å². The van der Waals surface area contributed by atoms with Gasteiger partial charge in [0.25, 0.3) is 0 Å². The van der Waals surface area contributed by atoms with Gasteiger partial charge in [0.15, 0.2) is 5.84 Å². The van der Waals surface area contributed by atoms with Crippen LogP contribution in [0.4, 0.5) is 0 Å². The van der Waals surface area contributed by atoms with Gasteiger partial charge in [-0.3, -0.25) is 0 Å². The van der Waals surface area contributed by atoms with Gasteiger partial charge in [0, 0.05) is 42.7 Å². The molecule has 1 aromatic rings. The molecular formula is C17H18ClN3O. The number of piperidine rings is 3. The van der Waals surface area contributed by atoms with E-state index in [-0.39, 0.29) is 5.72 Å². The fourth-order valence-corrected chi connectivity index (χ4v) is 6.21. The lowest BCUT2D eigenvalue weighted by Gasteiger charge is -2.74. The maximum absolute atomic E-state index is 6.22. The van der Waals surface area contributed by atoms with Gasteiger partial charge in [-0.1, -0.05) is 16.8 Å². The van der Waals surface area contributed by atoms with Gasteiger partial charge in [-0.2, -0.15) is 0 Å². The molecule has 22 heavy (non-hydrogen) atoms. The number of benzene rings is 1. The summed E-state index contributed by atoms with van der Waals surface area (Å²) in [4.78, 5) is 11.3. The van der Waals surface area contributed by atoms with Gasteiger partial charge in [0.1, 0.15) is 0 Å². The van der Waals surface area contributed by atoms with Crippen molar-refractivity contribution in [3.05, 3.63) is 34.9 Å². The highest BCUT2D eigenvalue weighted by molar-refractivity contribution is 6.30. The summed E-state index contributed by atoms with van der Waals surface area (Å²) >= 11 is 6.01. The number of hydrogen-bond acceptors (Lipinski definition) is 4. The minimum absolute atomic E-state index is 0.143. The quantitative estimate of drug-likeness (QED) is 0.796. The standard InChI is InChI=1S/C17H18ClN3O/c18-14-3-1-12(2-4-14)15-19-22-17-13-5-11-6-16(17,10-21(15)17)9-20(7-11)8-13/h1-4,11,13H,5-10H2. The molecule has 1 saturated carbocycles. The lowest BCUT2D eigenvalue weighted by Crippen LogP contribution is -2.86. The average Bonchev–Trinajstić information content (AvgIpc) is 2.79. The Labute approximate surface area is 134 Å². The summed E-state index contributed by atoms with van der Waals surface area (Å²) < 4.78 is 0. The van der Waals surface area contributed by atoms with E-state index in [1.165, 1.54) is 32.5 Å². The molecule has 6 aliphatic rings. The van der Waals surface area contributed by atoms with Crippen molar-refractivity contribution in [1.29, 1.82) is 0 Å². The third-order valence-corrected chi connectivity index (χ3v) is 6.87. The van der Waals surface area contributed by atoms with Crippen LogP contribution in [0.3, 0.4) is 0 Å². The molecular weight excluding hydrogens is 298 g/mol. The Morgan fingerprint density at radius 1 is 1.18 bits per heavy atom. The zero-order valence-corrected chi connectivity index (χ0v) is 13.1. The molecule has 2 spiro atoms. The first kappa shape index (κ1) is 12.2. The number of oxime groups is 1. The summed E-state index contributed by atoms with van der Waals surface area (Å²) in [5.41, 5.74) is 1.29. The maximum atomic E-state index is 6.22. The van der Waals surface area contributed by atoms with Crippen molar-refractivity contribution in [2.24, 2.45) is 22.4 Å². The van der Waals surface area contributed by atoms with Gasteiger partial charge in [0.05, 0.1) is 5.41 Å². The van der Waals surface area contributed by atoms with E-state index in [0.717, 1.165) is 28.9 Å². The predicted molar refractivity (Wildman–Crippen MR) is 83.6 cm³/mol. The third kappa shape index (κ3) is 1.18. The molecule has 5 unspecified atom stereocenters. The van der Waals surface area contributed by atoms with E-state index in [2.05, 4.69) is 15.0 Å². The molecule has 1 aliphatic carbocycles. The van der Waals surface area contributed by atoms with E-state index in [0.29, 0.717) is 11.3 Å². The van der Waals surface area contributed by atoms with Gasteiger partial charge in [-0.15, -0.1) is 0 Å². The molecule has 0 radical (unpaired) electrons. The predicted octanol–water partition coefficient (Wildman–Crippen LogP) is 2.39. The number of nitrogens with zero attached hydrogens (tertiary/aromatic N) is 3. The zero-order valence-electron chi connectivity index (χ0n) is 12.3. The van der Waals surface area contributed by atoms with E-state index in [1.807, 2.05) is 24.3 Å². The summed E-state index contributed by atoms with van der Waals surface area (Å²) in [5, 5.41) is 5.30. The number of amidine groups is 1. The lowest BCUT2D eigenvalue weighted by molar-refractivity contribution is -0.355. The Hall–Kier alpha value is -1.26. The smallest absolute Gasteiger partial charge is 0.224 e. The molecule has 1 aromatic carbocycles. The Kier molecular flexibility index (Phi) is 2.01. The second-order valence-corrected chi connectivity index (χ2v) is 8.21. The Bertz CT molecular complexity index is 688. The van der Waals surface area contributed by atoms with E-state index >= 15 is 0 Å². The zero-order chi connectivity index (χ0) is 14.5. The molecule has 5 aliphatic heterocycles. The fraction of sp³-hybridized carbons (Fsp3) is 0.588. The second-order valence-electron chi connectivity index (χ2n) is 7.77. The molecule has 4 saturated heterocycles. The second kappa shape index (κ2) is 3.62. The van der Waals surface area contributed by atoms with Crippen molar-refractivity contribution in [1.82, 2.24) is 9.80 Å². The molecule has 4 nitrogen and oxygen atoms in total. The van der Waals surface area contributed by atoms with Crippen molar-refractivity contribution in [2.75, 3.05) is 26.2 Å². The van der Waals surface area contributed by atoms with Crippen molar-refractivity contribution < 1.29 is 4.84 Å². The van der Waals surface area contributed by atoms with Gasteiger partial charge in [0.2, 0.25) is 5.72 Å². The van der Waals surface area contributed by atoms with Gasteiger partial charge < -0.3 is 14.6 Å². The van der Waals surface area contributed by atoms with Gasteiger partial charge in [-0.05, 0) is 43.0 Å². The van der Waals surface area contributed by atoms with Crippen LogP contribution in [0.1, 0.15) is 18.4 Å². The van der Waals surface area contributed by atoms with Gasteiger partial charge in [-0.25, -0.2) is 0 Å². The average molecular weight is 316 g/mol. The molecule has 5 heterocycles. The molecule has 0 amide bonds. The van der Waals surface area contributed by atoms with Crippen LogP contribution in [0.5, 0.6) is 0 Å². The SMILES string of the molecule is Clc1ccc(C2=NOC34C5CC6CN(C5)CC3(C6)CN24)cc1. The monoisotopic (exact) mass is 315 g/mol. The molecule has 0 aromatic heterocycles. The van der Waals surface area contributed by atoms with Crippen LogP contribution in [0.25, 0.3) is 0 Å². The van der Waals surface area contributed by atoms with E-state index in [9.17, 15) is 0 Å². The first-order valence-electron chi connectivity index (χ1n) is 8.22. The van der Waals surface area contributed by atoms with Crippen LogP contribution in [0, 0.1) is 17.3 Å². The first-order chi connectivity index (χ1) is 10.7. The Morgan fingerprint density at radius 2 is 2.05 bits per heavy atom. The minimum atomic E-state index is -0.143. The minimum Gasteiger partial charge on any atom is -0.364 e. The van der Waals surface area contributed by atoms with Crippen molar-refractivity contribution in [2.45, 2.75) is 18.6 Å². The summed E-state index contributed by atoms with van der Waals surface area (Å²) in [6.07, 6.45) is 2.62. The van der Waals surface area contributed by atoms with Crippen LogP contribution < -0.4 is 0 Å². The molecule has 114 valence electrons. The van der Waals surface area contributed by atoms with Crippen LogP contribution in [0.2, 0.25) is 5.02 Å².